The number of rotatable bonds is 3. The van der Waals surface area contributed by atoms with Gasteiger partial charge in [-0.15, -0.1) is 0 Å². The van der Waals surface area contributed by atoms with E-state index in [1.54, 1.807) is 0 Å². The number of hydrogen-bond donors (Lipinski definition) is 0. The number of benzene rings is 6. The average Bonchev–Trinajstić information content (AvgIpc) is 3.54. The molecule has 0 aliphatic carbocycles. The highest BCUT2D eigenvalue weighted by Crippen LogP contribution is 2.36. The summed E-state index contributed by atoms with van der Waals surface area (Å²) in [6.07, 6.45) is 0. The molecule has 0 amide bonds. The van der Waals surface area contributed by atoms with E-state index < -0.39 is 0 Å². The molecule has 6 aromatic carbocycles. The van der Waals surface area contributed by atoms with Crippen molar-refractivity contribution >= 4 is 43.6 Å². The van der Waals surface area contributed by atoms with E-state index in [2.05, 4.69) is 137 Å². The fourth-order valence-corrected chi connectivity index (χ4v) is 6.13. The van der Waals surface area contributed by atoms with Gasteiger partial charge in [-0.05, 0) is 77.9 Å². The second-order valence-corrected chi connectivity index (χ2v) is 10.2. The van der Waals surface area contributed by atoms with E-state index in [0.717, 1.165) is 44.3 Å². The molecule has 0 spiro atoms. The van der Waals surface area contributed by atoms with Crippen molar-refractivity contribution in [2.45, 2.75) is 0 Å². The van der Waals surface area contributed by atoms with Crippen LogP contribution in [0.15, 0.2) is 140 Å². The zero-order chi connectivity index (χ0) is 26.6. The van der Waals surface area contributed by atoms with Crippen molar-refractivity contribution in [3.8, 4) is 28.6 Å². The van der Waals surface area contributed by atoms with Gasteiger partial charge in [0.05, 0.1) is 33.7 Å². The third kappa shape index (κ3) is 3.30. The Kier molecular flexibility index (Phi) is 4.89. The Bertz CT molecular complexity index is 2210. The number of hydrogen-bond acceptors (Lipinski definition) is 1. The Balaban J connectivity index is 1.29. The van der Waals surface area contributed by atoms with E-state index in [9.17, 15) is 5.26 Å². The quantitative estimate of drug-likeness (QED) is 0.233. The van der Waals surface area contributed by atoms with E-state index in [4.69, 9.17) is 0 Å². The van der Waals surface area contributed by atoms with Gasteiger partial charge in [-0.25, -0.2) is 0 Å². The molecule has 0 radical (unpaired) electrons. The topological polar surface area (TPSA) is 33.6 Å². The zero-order valence-corrected chi connectivity index (χ0v) is 21.6. The van der Waals surface area contributed by atoms with E-state index in [1.165, 1.54) is 21.8 Å². The van der Waals surface area contributed by atoms with Gasteiger partial charge < -0.3 is 9.13 Å². The van der Waals surface area contributed by atoms with Crippen LogP contribution in [0, 0.1) is 11.3 Å². The van der Waals surface area contributed by atoms with Gasteiger partial charge in [-0.3, -0.25) is 0 Å². The van der Waals surface area contributed by atoms with Crippen LogP contribution in [-0.4, -0.2) is 9.13 Å². The van der Waals surface area contributed by atoms with Crippen LogP contribution >= 0.6 is 0 Å². The summed E-state index contributed by atoms with van der Waals surface area (Å²) in [4.78, 5) is 0. The Morgan fingerprint density at radius 1 is 0.400 bits per heavy atom. The Hall–Kier alpha value is -5.59. The average molecular weight is 510 g/mol. The Morgan fingerprint density at radius 2 is 0.900 bits per heavy atom. The molecule has 8 rings (SSSR count). The first-order valence-corrected chi connectivity index (χ1v) is 13.4. The monoisotopic (exact) mass is 509 g/mol. The lowest BCUT2D eigenvalue weighted by atomic mass is 10.0. The minimum Gasteiger partial charge on any atom is -0.309 e. The molecule has 0 bridgehead atoms. The van der Waals surface area contributed by atoms with E-state index >= 15 is 0 Å². The summed E-state index contributed by atoms with van der Waals surface area (Å²) in [5.74, 6) is 0. The number of fused-ring (bicyclic) bond motifs is 6. The molecule has 0 aliphatic heterocycles. The fourth-order valence-electron chi connectivity index (χ4n) is 6.13. The molecule has 0 aliphatic rings. The highest BCUT2D eigenvalue weighted by atomic mass is 15.0. The van der Waals surface area contributed by atoms with Gasteiger partial charge in [-0.2, -0.15) is 5.26 Å². The first-order chi connectivity index (χ1) is 19.8. The largest absolute Gasteiger partial charge is 0.309 e. The molecular weight excluding hydrogens is 486 g/mol. The van der Waals surface area contributed by atoms with Gasteiger partial charge in [0.25, 0.3) is 0 Å². The maximum absolute atomic E-state index is 9.60. The van der Waals surface area contributed by atoms with E-state index in [0.29, 0.717) is 5.56 Å². The highest BCUT2D eigenvalue weighted by molar-refractivity contribution is 6.11. The maximum atomic E-state index is 9.60. The minimum absolute atomic E-state index is 0.667. The Labute approximate surface area is 231 Å². The number of aromatic nitrogens is 2. The van der Waals surface area contributed by atoms with Crippen LogP contribution < -0.4 is 0 Å². The van der Waals surface area contributed by atoms with E-state index in [-0.39, 0.29) is 0 Å². The summed E-state index contributed by atoms with van der Waals surface area (Å²) in [6.45, 7) is 0. The third-order valence-corrected chi connectivity index (χ3v) is 7.95. The van der Waals surface area contributed by atoms with Crippen molar-refractivity contribution in [3.05, 3.63) is 145 Å². The van der Waals surface area contributed by atoms with Gasteiger partial charge in [0.15, 0.2) is 0 Å². The maximum Gasteiger partial charge on any atom is 0.0991 e. The smallest absolute Gasteiger partial charge is 0.0991 e. The molecule has 0 N–H and O–H groups in total. The van der Waals surface area contributed by atoms with E-state index in [1.807, 2.05) is 18.2 Å². The van der Waals surface area contributed by atoms with Crippen LogP contribution in [0.5, 0.6) is 0 Å². The second-order valence-electron chi connectivity index (χ2n) is 10.2. The van der Waals surface area contributed by atoms with Crippen LogP contribution in [0.3, 0.4) is 0 Å². The summed E-state index contributed by atoms with van der Waals surface area (Å²) in [5.41, 5.74) is 9.86. The summed E-state index contributed by atoms with van der Waals surface area (Å²) >= 11 is 0. The van der Waals surface area contributed by atoms with Crippen molar-refractivity contribution in [1.29, 1.82) is 5.26 Å². The summed E-state index contributed by atoms with van der Waals surface area (Å²) in [6, 6.07) is 51.3. The number of para-hydroxylation sites is 3. The molecule has 0 saturated heterocycles. The normalized spacial score (nSPS) is 11.5. The molecule has 2 heterocycles. The van der Waals surface area contributed by atoms with Crippen molar-refractivity contribution in [3.63, 3.8) is 0 Å². The zero-order valence-electron chi connectivity index (χ0n) is 21.6. The van der Waals surface area contributed by atoms with Gasteiger partial charge >= 0.3 is 0 Å². The predicted molar refractivity (Wildman–Crippen MR) is 165 cm³/mol. The lowest BCUT2D eigenvalue weighted by molar-refractivity contribution is 1.18. The van der Waals surface area contributed by atoms with Crippen molar-refractivity contribution in [1.82, 2.24) is 9.13 Å². The molecule has 186 valence electrons. The molecule has 8 aromatic rings. The molecule has 3 nitrogen and oxygen atoms in total. The van der Waals surface area contributed by atoms with Gasteiger partial charge in [0, 0.05) is 32.9 Å². The van der Waals surface area contributed by atoms with Crippen LogP contribution in [0.25, 0.3) is 66.1 Å². The SMILES string of the molecule is N#Cc1ccc2c(c1)c1cc(-c3ccc(-n4c5ccccc5c5ccccc54)cc3)ccc1n2-c1ccccc1. The second kappa shape index (κ2) is 8.73. The first kappa shape index (κ1) is 22.4. The van der Waals surface area contributed by atoms with Crippen LogP contribution in [0.2, 0.25) is 0 Å². The minimum atomic E-state index is 0.667. The number of nitrogens with zero attached hydrogens (tertiary/aromatic N) is 3. The molecule has 0 fully saturated rings. The highest BCUT2D eigenvalue weighted by Gasteiger charge is 2.15. The molecular formula is C37H23N3. The molecule has 2 aromatic heterocycles. The van der Waals surface area contributed by atoms with Crippen molar-refractivity contribution < 1.29 is 0 Å². The summed E-state index contributed by atoms with van der Waals surface area (Å²) in [7, 11) is 0. The molecule has 0 atom stereocenters. The van der Waals surface area contributed by atoms with Crippen molar-refractivity contribution in [2.24, 2.45) is 0 Å². The van der Waals surface area contributed by atoms with Gasteiger partial charge in [-0.1, -0.05) is 72.8 Å². The molecule has 3 heteroatoms. The van der Waals surface area contributed by atoms with Crippen molar-refractivity contribution in [2.75, 3.05) is 0 Å². The molecule has 0 saturated carbocycles. The van der Waals surface area contributed by atoms with Crippen LogP contribution in [0.4, 0.5) is 0 Å². The van der Waals surface area contributed by atoms with Crippen LogP contribution in [-0.2, 0) is 0 Å². The lowest BCUT2D eigenvalue weighted by Gasteiger charge is -2.10. The lowest BCUT2D eigenvalue weighted by Crippen LogP contribution is -1.94. The number of nitriles is 1. The van der Waals surface area contributed by atoms with Gasteiger partial charge in [0.1, 0.15) is 0 Å². The first-order valence-electron chi connectivity index (χ1n) is 13.4. The molecule has 40 heavy (non-hydrogen) atoms. The summed E-state index contributed by atoms with van der Waals surface area (Å²) in [5, 5.41) is 14.4. The summed E-state index contributed by atoms with van der Waals surface area (Å²) < 4.78 is 4.62. The predicted octanol–water partition coefficient (Wildman–Crippen LogP) is 9.42. The standard InChI is InChI=1S/C37H23N3/c38-24-25-14-20-36-32(22-25)33-23-27(17-21-37(33)39(36)28-8-2-1-3-9-28)26-15-18-29(19-16-26)40-34-12-6-4-10-30(34)31-11-5-7-13-35(31)40/h1-23H. The van der Waals surface area contributed by atoms with Gasteiger partial charge in [0.2, 0.25) is 0 Å². The Morgan fingerprint density at radius 3 is 1.55 bits per heavy atom. The van der Waals surface area contributed by atoms with Crippen LogP contribution in [0.1, 0.15) is 5.56 Å². The molecule has 0 unspecified atom stereocenters. The third-order valence-electron chi connectivity index (χ3n) is 7.95. The fraction of sp³-hybridized carbons (Fsp3) is 0.